The average Bonchev–Trinajstić information content (AvgIpc) is 3.57. The van der Waals surface area contributed by atoms with Gasteiger partial charge < -0.3 is 25.1 Å². The number of rotatable bonds is 3. The summed E-state index contributed by atoms with van der Waals surface area (Å²) in [5.41, 5.74) is 0.324. The monoisotopic (exact) mass is 530 g/mol. The topological polar surface area (TPSA) is 148 Å². The highest BCUT2D eigenvalue weighted by atomic mass is 32.1. The Bertz CT molecular complexity index is 1200. The maximum Gasteiger partial charge on any atom is 0.273 e. The molecule has 12 heteroatoms. The van der Waals surface area contributed by atoms with Crippen LogP contribution in [0, 0.1) is 17.8 Å². The van der Waals surface area contributed by atoms with E-state index in [1.165, 1.54) is 17.6 Å². The molecule has 37 heavy (non-hydrogen) atoms. The van der Waals surface area contributed by atoms with Crippen molar-refractivity contribution in [3.8, 4) is 0 Å². The van der Waals surface area contributed by atoms with Crippen molar-refractivity contribution in [2.45, 2.75) is 78.7 Å². The van der Waals surface area contributed by atoms with Crippen LogP contribution in [0.3, 0.4) is 0 Å². The predicted octanol–water partition coefficient (Wildman–Crippen LogP) is 3.03. The Morgan fingerprint density at radius 2 is 1.46 bits per heavy atom. The lowest BCUT2D eigenvalue weighted by molar-refractivity contribution is -0.124. The molecule has 3 N–H and O–H groups in total. The smallest absolute Gasteiger partial charge is 0.273 e. The normalized spacial score (nSPS) is 26.8. The molecule has 0 saturated carbocycles. The van der Waals surface area contributed by atoms with Crippen molar-refractivity contribution >= 4 is 35.0 Å². The Morgan fingerprint density at radius 1 is 0.838 bits per heavy atom. The van der Waals surface area contributed by atoms with E-state index < -0.39 is 36.2 Å². The summed E-state index contributed by atoms with van der Waals surface area (Å²) in [6, 6.07) is -2.39. The number of thiazole rings is 1. The zero-order valence-electron chi connectivity index (χ0n) is 22.1. The van der Waals surface area contributed by atoms with E-state index in [9.17, 15) is 14.4 Å². The second-order valence-corrected chi connectivity index (χ2v) is 11.4. The van der Waals surface area contributed by atoms with Gasteiger partial charge >= 0.3 is 0 Å². The molecule has 4 heterocycles. The van der Waals surface area contributed by atoms with Crippen LogP contribution in [0.4, 0.5) is 0 Å². The molecule has 6 bridgehead atoms. The van der Waals surface area contributed by atoms with Crippen LogP contribution in [0.2, 0.25) is 0 Å². The van der Waals surface area contributed by atoms with Crippen LogP contribution in [0.15, 0.2) is 21.1 Å². The number of hydrogen-bond acceptors (Lipinski definition) is 9. The number of oxazole rings is 1. The largest absolute Gasteiger partial charge is 0.474 e. The zero-order valence-corrected chi connectivity index (χ0v) is 22.9. The number of ether oxygens (including phenoxy) is 1. The summed E-state index contributed by atoms with van der Waals surface area (Å²) >= 11 is 1.30. The van der Waals surface area contributed by atoms with Crippen LogP contribution < -0.4 is 16.0 Å². The van der Waals surface area contributed by atoms with Gasteiger partial charge in [0.15, 0.2) is 11.7 Å². The van der Waals surface area contributed by atoms with Crippen molar-refractivity contribution in [3.63, 3.8) is 0 Å². The van der Waals surface area contributed by atoms with E-state index in [-0.39, 0.29) is 46.8 Å². The molecule has 2 aliphatic rings. The molecule has 3 amide bonds. The fraction of sp³-hybridized carbons (Fsp3) is 0.600. The molecule has 5 atom stereocenters. The van der Waals surface area contributed by atoms with Crippen molar-refractivity contribution in [3.05, 3.63) is 33.9 Å². The molecular formula is C25H34N6O5S. The molecule has 2 aliphatic heterocycles. The third-order valence-corrected chi connectivity index (χ3v) is 7.39. The first-order valence-electron chi connectivity index (χ1n) is 12.5. The lowest BCUT2D eigenvalue weighted by atomic mass is 10.0. The highest BCUT2D eigenvalue weighted by Gasteiger charge is 2.39. The van der Waals surface area contributed by atoms with Gasteiger partial charge in [0.2, 0.25) is 17.7 Å². The highest BCUT2D eigenvalue weighted by molar-refractivity contribution is 7.09. The number of fused-ring (bicyclic) bond motifs is 5. The molecule has 5 unspecified atom stereocenters. The molecule has 0 aromatic carbocycles. The summed E-state index contributed by atoms with van der Waals surface area (Å²) < 4.78 is 11.6. The zero-order chi connectivity index (χ0) is 27.0. The fourth-order valence-corrected chi connectivity index (χ4v) is 5.25. The quantitative estimate of drug-likeness (QED) is 0.552. The van der Waals surface area contributed by atoms with Crippen molar-refractivity contribution in [2.24, 2.45) is 22.7 Å². The summed E-state index contributed by atoms with van der Waals surface area (Å²) in [5.74, 6) is -0.782. The summed E-state index contributed by atoms with van der Waals surface area (Å²) in [6.07, 6.45) is 0.745. The molecule has 0 spiro atoms. The molecule has 0 fully saturated rings. The number of nitrogens with one attached hydrogen (secondary N) is 3. The van der Waals surface area contributed by atoms with Gasteiger partial charge in [0.05, 0.1) is 6.04 Å². The van der Waals surface area contributed by atoms with E-state index in [4.69, 9.17) is 9.15 Å². The number of amides is 3. The van der Waals surface area contributed by atoms with Gasteiger partial charge in [0.25, 0.3) is 11.8 Å². The number of aliphatic imine (C=N–C) groups is 1. The number of carbonyl (C=O) groups excluding carboxylic acids is 3. The minimum atomic E-state index is -0.816. The molecular weight excluding hydrogens is 496 g/mol. The molecule has 2 aromatic heterocycles. The maximum absolute atomic E-state index is 13.3. The number of hydrogen-bond donors (Lipinski definition) is 3. The summed E-state index contributed by atoms with van der Waals surface area (Å²) in [6.45, 7) is 13.4. The van der Waals surface area contributed by atoms with Gasteiger partial charge in [0, 0.05) is 5.38 Å². The lowest BCUT2D eigenvalue weighted by Gasteiger charge is -2.22. The first-order chi connectivity index (χ1) is 17.5. The van der Waals surface area contributed by atoms with Crippen LogP contribution in [-0.4, -0.2) is 51.8 Å². The maximum atomic E-state index is 13.3. The highest BCUT2D eigenvalue weighted by Crippen LogP contribution is 2.28. The average molecular weight is 531 g/mol. The Balaban J connectivity index is 1.77. The standard InChI is InChI=1S/C25H34N6O5S/c1-10(2)16-23-26-14(8-35-23)20(32)30-18(12(5)6)25-27-15(9-37-25)21(33)28-17(11(3)4)24-31-19(13(7)36-24)22(34)29-16/h8-13,16-19H,1-7H3,(H,28,33)(H,29,34)(H,30,32). The number of carbonyl (C=O) groups is 3. The van der Waals surface area contributed by atoms with Gasteiger partial charge in [-0.2, -0.15) is 0 Å². The van der Waals surface area contributed by atoms with Gasteiger partial charge in [-0.15, -0.1) is 11.3 Å². The van der Waals surface area contributed by atoms with Crippen LogP contribution in [-0.2, 0) is 9.53 Å². The van der Waals surface area contributed by atoms with Crippen molar-refractivity contribution < 1.29 is 23.5 Å². The van der Waals surface area contributed by atoms with Gasteiger partial charge in [-0.25, -0.2) is 15.0 Å². The third-order valence-electron chi connectivity index (χ3n) is 6.46. The van der Waals surface area contributed by atoms with E-state index >= 15 is 0 Å². The van der Waals surface area contributed by atoms with Crippen LogP contribution in [0.1, 0.15) is 92.4 Å². The first kappa shape index (κ1) is 26.8. The molecule has 11 nitrogen and oxygen atoms in total. The SMILES string of the molecule is CC(C)C1NC(=O)c2csc(n2)C(C(C)C)NC(=O)c2coc(n2)C(C(C)C)NC(=O)C2N=C1OC2C. The van der Waals surface area contributed by atoms with Crippen LogP contribution >= 0.6 is 11.3 Å². The van der Waals surface area contributed by atoms with E-state index in [2.05, 4.69) is 30.9 Å². The molecule has 200 valence electrons. The molecule has 0 aliphatic carbocycles. The predicted molar refractivity (Wildman–Crippen MR) is 137 cm³/mol. The second kappa shape index (κ2) is 10.6. The van der Waals surface area contributed by atoms with Crippen LogP contribution in [0.25, 0.3) is 0 Å². The molecule has 0 saturated heterocycles. The molecule has 0 radical (unpaired) electrons. The number of nitrogens with zero attached hydrogens (tertiary/aromatic N) is 3. The minimum absolute atomic E-state index is 0.00578. The van der Waals surface area contributed by atoms with E-state index in [1.807, 2.05) is 41.5 Å². The van der Waals surface area contributed by atoms with E-state index in [0.29, 0.717) is 10.9 Å². The van der Waals surface area contributed by atoms with Gasteiger partial charge in [-0.1, -0.05) is 41.5 Å². The third kappa shape index (κ3) is 5.53. The summed E-state index contributed by atoms with van der Waals surface area (Å²) in [5, 5.41) is 11.2. The lowest BCUT2D eigenvalue weighted by Crippen LogP contribution is -2.45. The first-order valence-corrected chi connectivity index (χ1v) is 13.4. The van der Waals surface area contributed by atoms with E-state index in [0.717, 1.165) is 0 Å². The number of aromatic nitrogens is 2. The summed E-state index contributed by atoms with van der Waals surface area (Å²) in [4.78, 5) is 53.0. The van der Waals surface area contributed by atoms with Crippen molar-refractivity contribution in [2.75, 3.05) is 0 Å². The van der Waals surface area contributed by atoms with Gasteiger partial charge in [0.1, 0.15) is 35.2 Å². The molecule has 2 aromatic rings. The second-order valence-electron chi connectivity index (χ2n) is 10.5. The van der Waals surface area contributed by atoms with E-state index in [1.54, 1.807) is 12.3 Å². The molecule has 4 rings (SSSR count). The van der Waals surface area contributed by atoms with Gasteiger partial charge in [-0.3, -0.25) is 14.4 Å². The Morgan fingerprint density at radius 3 is 2.11 bits per heavy atom. The fourth-order valence-electron chi connectivity index (χ4n) is 4.23. The minimum Gasteiger partial charge on any atom is -0.474 e. The Kier molecular flexibility index (Phi) is 7.67. The van der Waals surface area contributed by atoms with Gasteiger partial charge in [-0.05, 0) is 24.7 Å². The Hall–Kier alpha value is -3.28. The van der Waals surface area contributed by atoms with Crippen molar-refractivity contribution in [1.29, 1.82) is 0 Å². The van der Waals surface area contributed by atoms with Crippen LogP contribution in [0.5, 0.6) is 0 Å². The summed E-state index contributed by atoms with van der Waals surface area (Å²) in [7, 11) is 0. The van der Waals surface area contributed by atoms with Crippen molar-refractivity contribution in [1.82, 2.24) is 25.9 Å². The Labute approximate surface area is 219 Å².